The highest BCUT2D eigenvalue weighted by Gasteiger charge is 2.00. The number of nitrogens with one attached hydrogen (secondary N) is 1. The smallest absolute Gasteiger partial charge is 0.129 e. The van der Waals surface area contributed by atoms with Crippen LogP contribution >= 0.6 is 15.9 Å². The molecule has 0 aliphatic rings. The molecule has 0 saturated carbocycles. The van der Waals surface area contributed by atoms with E-state index in [0.717, 1.165) is 22.3 Å². The third-order valence-electron chi connectivity index (χ3n) is 2.64. The fourth-order valence-corrected chi connectivity index (χ4v) is 2.06. The molecular weight excluding hydrogens is 278 g/mol. The van der Waals surface area contributed by atoms with Crippen LogP contribution in [0.3, 0.4) is 0 Å². The normalized spacial score (nSPS) is 10.2. The molecule has 0 unspecified atom stereocenters. The molecule has 0 saturated heterocycles. The largest absolute Gasteiger partial charge is 0.507 e. The zero-order chi connectivity index (χ0) is 12.3. The Morgan fingerprint density at radius 2 is 1.94 bits per heavy atom. The van der Waals surface area contributed by atoms with E-state index in [1.54, 1.807) is 6.07 Å². The number of benzene rings is 2. The number of hydrogen-bond acceptors (Lipinski definition) is 2. The van der Waals surface area contributed by atoms with Gasteiger partial charge in [0.05, 0.1) is 4.47 Å². The SMILES string of the molecule is Cc1ccccc1NCc1ccc(O)c(Br)c1. The molecule has 0 bridgehead atoms. The number of para-hydroxylation sites is 1. The highest BCUT2D eigenvalue weighted by Crippen LogP contribution is 2.24. The molecule has 2 rings (SSSR count). The number of rotatable bonds is 3. The molecule has 0 radical (unpaired) electrons. The van der Waals surface area contributed by atoms with E-state index in [4.69, 9.17) is 0 Å². The zero-order valence-corrected chi connectivity index (χ0v) is 11.2. The lowest BCUT2D eigenvalue weighted by atomic mass is 10.2. The quantitative estimate of drug-likeness (QED) is 0.893. The number of aryl methyl sites for hydroxylation is 1. The van der Waals surface area contributed by atoms with Crippen molar-refractivity contribution in [2.75, 3.05) is 5.32 Å². The molecule has 3 heteroatoms. The molecule has 17 heavy (non-hydrogen) atoms. The molecule has 0 fully saturated rings. The minimum atomic E-state index is 0.268. The summed E-state index contributed by atoms with van der Waals surface area (Å²) in [5, 5.41) is 12.8. The first-order valence-electron chi connectivity index (χ1n) is 5.44. The lowest BCUT2D eigenvalue weighted by molar-refractivity contribution is 0.471. The molecule has 0 spiro atoms. The summed E-state index contributed by atoms with van der Waals surface area (Å²) in [6.45, 7) is 2.82. The Morgan fingerprint density at radius 3 is 2.65 bits per heavy atom. The molecule has 0 aliphatic carbocycles. The van der Waals surface area contributed by atoms with Gasteiger partial charge < -0.3 is 10.4 Å². The summed E-state index contributed by atoms with van der Waals surface area (Å²) in [6, 6.07) is 13.7. The third-order valence-corrected chi connectivity index (χ3v) is 3.28. The van der Waals surface area contributed by atoms with Crippen molar-refractivity contribution in [1.82, 2.24) is 0 Å². The molecular formula is C14H14BrNO. The number of hydrogen-bond donors (Lipinski definition) is 2. The predicted octanol–water partition coefficient (Wildman–Crippen LogP) is 4.08. The van der Waals surface area contributed by atoms with Gasteiger partial charge in [-0.05, 0) is 52.2 Å². The van der Waals surface area contributed by atoms with Crippen molar-refractivity contribution >= 4 is 21.6 Å². The Labute approximate surface area is 109 Å². The van der Waals surface area contributed by atoms with Crippen LogP contribution < -0.4 is 5.32 Å². The molecule has 2 N–H and O–H groups in total. The van der Waals surface area contributed by atoms with Crippen molar-refractivity contribution in [3.05, 3.63) is 58.1 Å². The van der Waals surface area contributed by atoms with E-state index in [0.29, 0.717) is 0 Å². The van der Waals surface area contributed by atoms with Crippen LogP contribution in [0.1, 0.15) is 11.1 Å². The molecule has 2 nitrogen and oxygen atoms in total. The van der Waals surface area contributed by atoms with E-state index in [9.17, 15) is 5.11 Å². The Balaban J connectivity index is 2.08. The van der Waals surface area contributed by atoms with E-state index in [2.05, 4.69) is 40.3 Å². The average Bonchev–Trinajstić information content (AvgIpc) is 2.32. The first-order valence-corrected chi connectivity index (χ1v) is 6.23. The summed E-state index contributed by atoms with van der Waals surface area (Å²) in [5.41, 5.74) is 3.49. The summed E-state index contributed by atoms with van der Waals surface area (Å²) in [6.07, 6.45) is 0. The van der Waals surface area contributed by atoms with Crippen LogP contribution in [-0.2, 0) is 6.54 Å². The van der Waals surface area contributed by atoms with Gasteiger partial charge in [-0.1, -0.05) is 24.3 Å². The van der Waals surface area contributed by atoms with Crippen LogP contribution in [0.4, 0.5) is 5.69 Å². The highest BCUT2D eigenvalue weighted by atomic mass is 79.9. The van der Waals surface area contributed by atoms with Gasteiger partial charge >= 0.3 is 0 Å². The van der Waals surface area contributed by atoms with E-state index in [-0.39, 0.29) is 5.75 Å². The standard InChI is InChI=1S/C14H14BrNO/c1-10-4-2-3-5-13(10)16-9-11-6-7-14(17)12(15)8-11/h2-8,16-17H,9H2,1H3. The summed E-state index contributed by atoms with van der Waals surface area (Å²) < 4.78 is 0.724. The third kappa shape index (κ3) is 3.01. The van der Waals surface area contributed by atoms with Crippen LogP contribution in [0.5, 0.6) is 5.75 Å². The van der Waals surface area contributed by atoms with Crippen molar-refractivity contribution in [1.29, 1.82) is 0 Å². The molecule has 0 amide bonds. The maximum atomic E-state index is 9.41. The Morgan fingerprint density at radius 1 is 1.18 bits per heavy atom. The van der Waals surface area contributed by atoms with Gasteiger partial charge in [0.1, 0.15) is 5.75 Å². The number of anilines is 1. The van der Waals surface area contributed by atoms with Crippen LogP contribution in [0.25, 0.3) is 0 Å². The maximum Gasteiger partial charge on any atom is 0.129 e. The van der Waals surface area contributed by atoms with Gasteiger partial charge in [-0.15, -0.1) is 0 Å². The molecule has 88 valence electrons. The zero-order valence-electron chi connectivity index (χ0n) is 9.57. The summed E-state index contributed by atoms with van der Waals surface area (Å²) >= 11 is 3.31. The average molecular weight is 292 g/mol. The minimum absolute atomic E-state index is 0.268. The van der Waals surface area contributed by atoms with Gasteiger partial charge in [0, 0.05) is 12.2 Å². The highest BCUT2D eigenvalue weighted by molar-refractivity contribution is 9.10. The van der Waals surface area contributed by atoms with E-state index < -0.39 is 0 Å². The Hall–Kier alpha value is -1.48. The van der Waals surface area contributed by atoms with Gasteiger partial charge in [0.2, 0.25) is 0 Å². The number of halogens is 1. The molecule has 0 aliphatic heterocycles. The number of aromatic hydroxyl groups is 1. The summed E-state index contributed by atoms with van der Waals surface area (Å²) in [7, 11) is 0. The monoisotopic (exact) mass is 291 g/mol. The second-order valence-corrected chi connectivity index (χ2v) is 4.81. The van der Waals surface area contributed by atoms with Crippen molar-refractivity contribution in [3.63, 3.8) is 0 Å². The van der Waals surface area contributed by atoms with Crippen LogP contribution in [0.15, 0.2) is 46.9 Å². The van der Waals surface area contributed by atoms with Crippen molar-refractivity contribution in [3.8, 4) is 5.75 Å². The van der Waals surface area contributed by atoms with Gasteiger partial charge in [-0.2, -0.15) is 0 Å². The fourth-order valence-electron chi connectivity index (χ4n) is 1.63. The maximum absolute atomic E-state index is 9.41. The van der Waals surface area contributed by atoms with Gasteiger partial charge in [0.15, 0.2) is 0 Å². The minimum Gasteiger partial charge on any atom is -0.507 e. The van der Waals surface area contributed by atoms with Crippen molar-refractivity contribution in [2.45, 2.75) is 13.5 Å². The van der Waals surface area contributed by atoms with Gasteiger partial charge in [0.25, 0.3) is 0 Å². The summed E-state index contributed by atoms with van der Waals surface area (Å²) in [5.74, 6) is 0.268. The fraction of sp³-hybridized carbons (Fsp3) is 0.143. The first kappa shape index (κ1) is 12.0. The second-order valence-electron chi connectivity index (χ2n) is 3.95. The predicted molar refractivity (Wildman–Crippen MR) is 74.3 cm³/mol. The van der Waals surface area contributed by atoms with Gasteiger partial charge in [-0.25, -0.2) is 0 Å². The van der Waals surface area contributed by atoms with Crippen molar-refractivity contribution < 1.29 is 5.11 Å². The van der Waals surface area contributed by atoms with E-state index >= 15 is 0 Å². The van der Waals surface area contributed by atoms with E-state index in [1.165, 1.54) is 5.56 Å². The number of phenols is 1. The molecule has 0 heterocycles. The van der Waals surface area contributed by atoms with Crippen molar-refractivity contribution in [2.24, 2.45) is 0 Å². The summed E-state index contributed by atoms with van der Waals surface area (Å²) in [4.78, 5) is 0. The van der Waals surface area contributed by atoms with E-state index in [1.807, 2.05) is 24.3 Å². The second kappa shape index (κ2) is 5.23. The molecule has 2 aromatic rings. The van der Waals surface area contributed by atoms with Crippen LogP contribution in [0, 0.1) is 6.92 Å². The molecule has 0 atom stereocenters. The van der Waals surface area contributed by atoms with Crippen LogP contribution in [-0.4, -0.2) is 5.11 Å². The van der Waals surface area contributed by atoms with Crippen LogP contribution in [0.2, 0.25) is 0 Å². The first-order chi connectivity index (χ1) is 8.16. The molecule has 0 aromatic heterocycles. The number of phenolic OH excluding ortho intramolecular Hbond substituents is 1. The Kier molecular flexibility index (Phi) is 3.69. The lowest BCUT2D eigenvalue weighted by Gasteiger charge is -2.09. The lowest BCUT2D eigenvalue weighted by Crippen LogP contribution is -2.00. The topological polar surface area (TPSA) is 32.3 Å². The Bertz CT molecular complexity index is 525. The molecule has 2 aromatic carbocycles. The van der Waals surface area contributed by atoms with Gasteiger partial charge in [-0.3, -0.25) is 0 Å².